The normalized spacial score (nSPS) is 11.0. The summed E-state index contributed by atoms with van der Waals surface area (Å²) in [6.45, 7) is 4.64. The van der Waals surface area contributed by atoms with Crippen molar-refractivity contribution in [2.24, 2.45) is 0 Å². The highest BCUT2D eigenvalue weighted by atomic mass is 16.4. The van der Waals surface area contributed by atoms with Gasteiger partial charge < -0.3 is 15.0 Å². The minimum atomic E-state index is -0.934. The predicted octanol–water partition coefficient (Wildman–Crippen LogP) is 6.14. The highest BCUT2D eigenvalue weighted by Gasteiger charge is 2.14. The number of nitrogens with one attached hydrogen (secondary N) is 1. The van der Waals surface area contributed by atoms with Crippen LogP contribution in [0.5, 0.6) is 0 Å². The van der Waals surface area contributed by atoms with Crippen molar-refractivity contribution in [3.8, 4) is 11.1 Å². The fourth-order valence-corrected chi connectivity index (χ4v) is 4.10. The van der Waals surface area contributed by atoms with Crippen LogP contribution >= 0.6 is 0 Å². The lowest BCUT2D eigenvalue weighted by Gasteiger charge is -2.12. The first kappa shape index (κ1) is 23.2. The van der Waals surface area contributed by atoms with E-state index in [0.717, 1.165) is 52.9 Å². The van der Waals surface area contributed by atoms with Crippen LogP contribution in [0.4, 0.5) is 5.69 Å². The predicted molar refractivity (Wildman–Crippen MR) is 135 cm³/mol. The Balaban J connectivity index is 1.68. The number of aromatic carboxylic acids is 1. The number of fused-ring (bicyclic) bond motifs is 1. The molecule has 6 nitrogen and oxygen atoms in total. The van der Waals surface area contributed by atoms with Crippen LogP contribution < -0.4 is 5.32 Å². The average molecular weight is 456 g/mol. The Hall–Kier alpha value is -3.93. The number of anilines is 1. The molecule has 0 atom stereocenters. The number of nitrogens with zero attached hydrogens (tertiary/aromatic N) is 2. The molecular weight excluding hydrogens is 426 g/mol. The van der Waals surface area contributed by atoms with Crippen molar-refractivity contribution in [1.29, 1.82) is 0 Å². The third-order valence-corrected chi connectivity index (χ3v) is 5.95. The Labute approximate surface area is 199 Å². The van der Waals surface area contributed by atoms with E-state index in [2.05, 4.69) is 16.8 Å². The number of benzene rings is 3. The van der Waals surface area contributed by atoms with Gasteiger partial charge in [0.2, 0.25) is 5.91 Å². The van der Waals surface area contributed by atoms with Crippen molar-refractivity contribution in [2.45, 2.75) is 46.1 Å². The summed E-state index contributed by atoms with van der Waals surface area (Å²) in [6, 6.07) is 20.9. The fourth-order valence-electron chi connectivity index (χ4n) is 4.10. The van der Waals surface area contributed by atoms with E-state index in [0.29, 0.717) is 24.1 Å². The molecule has 0 unspecified atom stereocenters. The highest BCUT2D eigenvalue weighted by molar-refractivity contribution is 5.96. The first-order valence-corrected chi connectivity index (χ1v) is 11.7. The van der Waals surface area contributed by atoms with Crippen molar-refractivity contribution in [1.82, 2.24) is 9.55 Å². The number of aryl methyl sites for hydroxylation is 1. The van der Waals surface area contributed by atoms with Crippen LogP contribution in [0.3, 0.4) is 0 Å². The molecule has 0 radical (unpaired) electrons. The van der Waals surface area contributed by atoms with E-state index in [1.54, 1.807) is 12.1 Å². The van der Waals surface area contributed by atoms with Gasteiger partial charge in [-0.15, -0.1) is 0 Å². The molecule has 0 fully saturated rings. The van der Waals surface area contributed by atoms with Gasteiger partial charge in [0.25, 0.3) is 0 Å². The summed E-state index contributed by atoms with van der Waals surface area (Å²) >= 11 is 0. The van der Waals surface area contributed by atoms with Gasteiger partial charge in [-0.05, 0) is 47.4 Å². The number of carboxylic acids is 1. The van der Waals surface area contributed by atoms with Gasteiger partial charge in [-0.1, -0.05) is 62.7 Å². The lowest BCUT2D eigenvalue weighted by atomic mass is 9.99. The number of amides is 1. The molecule has 34 heavy (non-hydrogen) atoms. The monoisotopic (exact) mass is 455 g/mol. The number of carbonyl (C=O) groups excluding carboxylic acids is 1. The molecule has 3 aromatic carbocycles. The Morgan fingerprint density at radius 1 is 1.00 bits per heavy atom. The van der Waals surface area contributed by atoms with Crippen LogP contribution in [0.15, 0.2) is 66.7 Å². The molecule has 174 valence electrons. The van der Waals surface area contributed by atoms with E-state index in [1.807, 2.05) is 61.5 Å². The number of rotatable bonds is 9. The first-order valence-electron chi connectivity index (χ1n) is 11.7. The lowest BCUT2D eigenvalue weighted by Crippen LogP contribution is -2.09. The maximum atomic E-state index is 11.9. The zero-order chi connectivity index (χ0) is 24.1. The number of hydrogen-bond donors (Lipinski definition) is 2. The van der Waals surface area contributed by atoms with Crippen molar-refractivity contribution >= 4 is 28.6 Å². The second kappa shape index (κ2) is 10.3. The number of imidazole rings is 1. The lowest BCUT2D eigenvalue weighted by molar-refractivity contribution is -0.115. The summed E-state index contributed by atoms with van der Waals surface area (Å²) in [6.07, 6.45) is 3.44. The van der Waals surface area contributed by atoms with Gasteiger partial charge in [0, 0.05) is 25.1 Å². The van der Waals surface area contributed by atoms with E-state index in [-0.39, 0.29) is 5.91 Å². The molecule has 0 saturated carbocycles. The maximum Gasteiger partial charge on any atom is 0.336 e. The molecule has 0 aliphatic rings. The zero-order valence-electron chi connectivity index (χ0n) is 19.5. The second-order valence-corrected chi connectivity index (χ2v) is 8.37. The first-order chi connectivity index (χ1) is 16.5. The van der Waals surface area contributed by atoms with Crippen molar-refractivity contribution in [2.75, 3.05) is 5.32 Å². The Morgan fingerprint density at radius 2 is 1.76 bits per heavy atom. The molecule has 1 amide bonds. The Kier molecular flexibility index (Phi) is 7.07. The van der Waals surface area contributed by atoms with Gasteiger partial charge in [0.1, 0.15) is 5.82 Å². The Bertz CT molecular complexity index is 1320. The Morgan fingerprint density at radius 3 is 2.47 bits per heavy atom. The number of aromatic nitrogens is 2. The van der Waals surface area contributed by atoms with Gasteiger partial charge in [0.15, 0.2) is 0 Å². The summed E-state index contributed by atoms with van der Waals surface area (Å²) in [5.41, 5.74) is 5.62. The molecule has 0 bridgehead atoms. The number of hydrogen-bond acceptors (Lipinski definition) is 3. The van der Waals surface area contributed by atoms with Crippen LogP contribution in [-0.4, -0.2) is 26.5 Å². The van der Waals surface area contributed by atoms with E-state index >= 15 is 0 Å². The van der Waals surface area contributed by atoms with Crippen LogP contribution in [0, 0.1) is 0 Å². The summed E-state index contributed by atoms with van der Waals surface area (Å²) < 4.78 is 2.22. The SMILES string of the molecule is CCCCc1nc2ccc(NC(=O)CC)cc2n1Cc1ccc(-c2ccccc2C(=O)O)cc1. The molecule has 0 aliphatic carbocycles. The van der Waals surface area contributed by atoms with E-state index in [1.165, 1.54) is 0 Å². The largest absolute Gasteiger partial charge is 0.478 e. The maximum absolute atomic E-state index is 11.9. The molecule has 6 heteroatoms. The van der Waals surface area contributed by atoms with Crippen LogP contribution in [0.2, 0.25) is 0 Å². The zero-order valence-corrected chi connectivity index (χ0v) is 19.5. The molecule has 1 heterocycles. The molecule has 4 aromatic rings. The minimum absolute atomic E-state index is 0.0196. The van der Waals surface area contributed by atoms with Gasteiger partial charge in [-0.2, -0.15) is 0 Å². The number of carboxylic acid groups (broad SMARTS) is 1. The van der Waals surface area contributed by atoms with Crippen molar-refractivity contribution in [3.05, 3.63) is 83.7 Å². The molecule has 4 rings (SSSR count). The molecule has 0 aliphatic heterocycles. The third-order valence-electron chi connectivity index (χ3n) is 5.95. The molecular formula is C28H29N3O3. The molecule has 2 N–H and O–H groups in total. The molecule has 0 spiro atoms. The second-order valence-electron chi connectivity index (χ2n) is 8.37. The topological polar surface area (TPSA) is 84.2 Å². The van der Waals surface area contributed by atoms with E-state index < -0.39 is 5.97 Å². The highest BCUT2D eigenvalue weighted by Crippen LogP contribution is 2.26. The smallest absolute Gasteiger partial charge is 0.336 e. The summed E-state index contributed by atoms with van der Waals surface area (Å²) in [7, 11) is 0. The van der Waals surface area contributed by atoms with Gasteiger partial charge >= 0.3 is 5.97 Å². The number of unbranched alkanes of at least 4 members (excludes halogenated alkanes) is 1. The van der Waals surface area contributed by atoms with Crippen LogP contribution in [0.1, 0.15) is 54.9 Å². The summed E-state index contributed by atoms with van der Waals surface area (Å²) in [5, 5.41) is 12.5. The summed E-state index contributed by atoms with van der Waals surface area (Å²) in [4.78, 5) is 28.4. The van der Waals surface area contributed by atoms with E-state index in [9.17, 15) is 14.7 Å². The van der Waals surface area contributed by atoms with Gasteiger partial charge in [-0.25, -0.2) is 9.78 Å². The van der Waals surface area contributed by atoms with E-state index in [4.69, 9.17) is 4.98 Å². The van der Waals surface area contributed by atoms with Gasteiger partial charge in [0.05, 0.1) is 16.6 Å². The van der Waals surface area contributed by atoms with Crippen molar-refractivity contribution in [3.63, 3.8) is 0 Å². The van der Waals surface area contributed by atoms with Crippen molar-refractivity contribution < 1.29 is 14.7 Å². The quantitative estimate of drug-likeness (QED) is 0.317. The number of carbonyl (C=O) groups is 2. The van der Waals surface area contributed by atoms with Crippen LogP contribution in [0.25, 0.3) is 22.2 Å². The fraction of sp³-hybridized carbons (Fsp3) is 0.250. The average Bonchev–Trinajstić information content (AvgIpc) is 3.19. The van der Waals surface area contributed by atoms with Crippen LogP contribution in [-0.2, 0) is 17.8 Å². The molecule has 1 aromatic heterocycles. The standard InChI is InChI=1S/C28H29N3O3/c1-3-5-10-26-30-24-16-15-21(29-27(32)4-2)17-25(24)31(26)18-19-11-13-20(14-12-19)22-8-6-7-9-23(22)28(33)34/h6-9,11-17H,3-5,10,18H2,1-2H3,(H,29,32)(H,33,34). The minimum Gasteiger partial charge on any atom is -0.478 e. The summed E-state index contributed by atoms with van der Waals surface area (Å²) in [5.74, 6) is 0.0704. The van der Waals surface area contributed by atoms with Gasteiger partial charge in [-0.3, -0.25) is 4.79 Å². The molecule has 0 saturated heterocycles. The third kappa shape index (κ3) is 5.01.